The summed E-state index contributed by atoms with van der Waals surface area (Å²) >= 11 is 0. The van der Waals surface area contributed by atoms with Gasteiger partial charge in [-0.2, -0.15) is 0 Å². The van der Waals surface area contributed by atoms with Gasteiger partial charge in [-0.3, -0.25) is 4.79 Å². The van der Waals surface area contributed by atoms with Crippen molar-refractivity contribution in [3.63, 3.8) is 0 Å². The van der Waals surface area contributed by atoms with Crippen LogP contribution < -0.4 is 15.4 Å². The normalized spacial score (nSPS) is 14.1. The number of carbonyl (C=O) groups is 1. The molecule has 0 unspecified atom stereocenters. The molecule has 1 amide bonds. The number of amides is 1. The molecule has 1 fully saturated rings. The molecular weight excluding hydrogens is 376 g/mol. The maximum atomic E-state index is 12.0. The Hall–Kier alpha value is -3.02. The van der Waals surface area contributed by atoms with Gasteiger partial charge >= 0.3 is 0 Å². The summed E-state index contributed by atoms with van der Waals surface area (Å²) in [6, 6.07) is 16.4. The molecule has 1 aliphatic rings. The van der Waals surface area contributed by atoms with Crippen LogP contribution in [0.4, 0.5) is 0 Å². The minimum absolute atomic E-state index is 0.252. The van der Waals surface area contributed by atoms with E-state index in [9.17, 15) is 4.79 Å². The summed E-state index contributed by atoms with van der Waals surface area (Å²) in [7, 11) is 1.68. The Morgan fingerprint density at radius 3 is 2.53 bits per heavy atom. The Morgan fingerprint density at radius 1 is 1.10 bits per heavy atom. The molecule has 3 rings (SSSR count). The second kappa shape index (κ2) is 11.2. The van der Waals surface area contributed by atoms with Gasteiger partial charge in [-0.25, -0.2) is 4.99 Å². The minimum Gasteiger partial charge on any atom is -0.497 e. The fraction of sp³-hybridized carbons (Fsp3) is 0.417. The van der Waals surface area contributed by atoms with Gasteiger partial charge in [0.15, 0.2) is 5.96 Å². The number of aliphatic imine (C=N–C) groups is 1. The molecule has 0 spiro atoms. The molecule has 1 aliphatic heterocycles. The van der Waals surface area contributed by atoms with E-state index in [-0.39, 0.29) is 5.91 Å². The number of carbonyl (C=O) groups excluding carboxylic acids is 1. The quantitative estimate of drug-likeness (QED) is 0.494. The van der Waals surface area contributed by atoms with E-state index < -0.39 is 0 Å². The Bertz CT molecular complexity index is 849. The van der Waals surface area contributed by atoms with Gasteiger partial charge in [0, 0.05) is 32.6 Å². The molecule has 2 N–H and O–H groups in total. The summed E-state index contributed by atoms with van der Waals surface area (Å²) in [4.78, 5) is 18.7. The number of rotatable bonds is 9. The Kier molecular flexibility index (Phi) is 8.12. The van der Waals surface area contributed by atoms with Crippen molar-refractivity contribution in [2.24, 2.45) is 4.99 Å². The molecule has 6 nitrogen and oxygen atoms in total. The minimum atomic E-state index is 0.252. The number of methoxy groups -OCH3 is 1. The van der Waals surface area contributed by atoms with Crippen LogP contribution in [-0.2, 0) is 24.3 Å². The summed E-state index contributed by atoms with van der Waals surface area (Å²) in [6.45, 7) is 5.77. The number of benzene rings is 2. The van der Waals surface area contributed by atoms with Crippen LogP contribution in [0.1, 0.15) is 36.5 Å². The second-order valence-corrected chi connectivity index (χ2v) is 7.41. The Balaban J connectivity index is 1.58. The van der Waals surface area contributed by atoms with Crippen LogP contribution in [0.5, 0.6) is 5.75 Å². The third kappa shape index (κ3) is 6.24. The van der Waals surface area contributed by atoms with Gasteiger partial charge in [0.25, 0.3) is 0 Å². The van der Waals surface area contributed by atoms with Crippen LogP contribution in [0, 0.1) is 0 Å². The van der Waals surface area contributed by atoms with Gasteiger partial charge in [-0.1, -0.05) is 36.4 Å². The summed E-state index contributed by atoms with van der Waals surface area (Å²) in [6.07, 6.45) is 2.53. The predicted molar refractivity (Wildman–Crippen MR) is 121 cm³/mol. The highest BCUT2D eigenvalue weighted by molar-refractivity contribution is 5.80. The number of nitrogens with one attached hydrogen (secondary N) is 2. The summed E-state index contributed by atoms with van der Waals surface area (Å²) in [5.41, 5.74) is 3.58. The van der Waals surface area contributed by atoms with Gasteiger partial charge in [0.2, 0.25) is 5.91 Å². The van der Waals surface area contributed by atoms with Gasteiger partial charge in [-0.15, -0.1) is 0 Å². The van der Waals surface area contributed by atoms with Crippen molar-refractivity contribution in [2.75, 3.05) is 26.7 Å². The molecule has 1 heterocycles. The van der Waals surface area contributed by atoms with Crippen LogP contribution in [0.25, 0.3) is 0 Å². The van der Waals surface area contributed by atoms with Gasteiger partial charge in [-0.05, 0) is 48.6 Å². The first-order chi connectivity index (χ1) is 14.7. The third-order valence-electron chi connectivity index (χ3n) is 5.27. The van der Waals surface area contributed by atoms with Crippen molar-refractivity contribution in [3.8, 4) is 5.75 Å². The van der Waals surface area contributed by atoms with E-state index in [1.807, 2.05) is 29.2 Å². The SMILES string of the molecule is CCNC(=NCc1ccccc1CN1CCCC1=O)NCCc1ccc(OC)cc1. The van der Waals surface area contributed by atoms with E-state index in [4.69, 9.17) is 9.73 Å². The molecule has 0 aromatic heterocycles. The van der Waals surface area contributed by atoms with Gasteiger partial charge < -0.3 is 20.3 Å². The van der Waals surface area contributed by atoms with Crippen LogP contribution in [0.3, 0.4) is 0 Å². The highest BCUT2D eigenvalue weighted by Crippen LogP contribution is 2.18. The van der Waals surface area contributed by atoms with Crippen molar-refractivity contribution in [3.05, 3.63) is 65.2 Å². The number of guanidine groups is 1. The molecule has 0 saturated carbocycles. The molecule has 160 valence electrons. The molecule has 2 aromatic rings. The summed E-state index contributed by atoms with van der Waals surface area (Å²) in [5.74, 6) is 1.93. The van der Waals surface area contributed by atoms with Crippen molar-refractivity contribution in [1.82, 2.24) is 15.5 Å². The van der Waals surface area contributed by atoms with Crippen molar-refractivity contribution < 1.29 is 9.53 Å². The zero-order valence-corrected chi connectivity index (χ0v) is 18.0. The lowest BCUT2D eigenvalue weighted by molar-refractivity contribution is -0.128. The fourth-order valence-corrected chi connectivity index (χ4v) is 3.57. The first kappa shape index (κ1) is 21.7. The molecule has 2 aromatic carbocycles. The zero-order chi connectivity index (χ0) is 21.2. The smallest absolute Gasteiger partial charge is 0.222 e. The van der Waals surface area contributed by atoms with Crippen LogP contribution in [0.15, 0.2) is 53.5 Å². The van der Waals surface area contributed by atoms with E-state index in [1.54, 1.807) is 7.11 Å². The predicted octanol–water partition coefficient (Wildman–Crippen LogP) is 3.12. The molecule has 0 aliphatic carbocycles. The highest BCUT2D eigenvalue weighted by Gasteiger charge is 2.20. The lowest BCUT2D eigenvalue weighted by atomic mass is 10.1. The van der Waals surface area contributed by atoms with E-state index in [2.05, 4.69) is 41.8 Å². The molecular formula is C24H32N4O2. The molecule has 0 bridgehead atoms. The lowest BCUT2D eigenvalue weighted by Crippen LogP contribution is -2.38. The number of hydrogen-bond acceptors (Lipinski definition) is 3. The number of hydrogen-bond donors (Lipinski definition) is 2. The van der Waals surface area contributed by atoms with Gasteiger partial charge in [0.1, 0.15) is 5.75 Å². The third-order valence-corrected chi connectivity index (χ3v) is 5.27. The standard InChI is InChI=1S/C24H32N4O2/c1-3-25-24(26-15-14-19-10-12-22(30-2)13-11-19)27-17-20-7-4-5-8-21(20)18-28-16-6-9-23(28)29/h4-5,7-8,10-13H,3,6,9,14-18H2,1-2H3,(H2,25,26,27). The van der Waals surface area contributed by atoms with Crippen molar-refractivity contribution in [2.45, 2.75) is 39.3 Å². The van der Waals surface area contributed by atoms with Gasteiger partial charge in [0.05, 0.1) is 13.7 Å². The fourth-order valence-electron chi connectivity index (χ4n) is 3.57. The maximum absolute atomic E-state index is 12.0. The van der Waals surface area contributed by atoms with Crippen molar-refractivity contribution in [1.29, 1.82) is 0 Å². The highest BCUT2D eigenvalue weighted by atomic mass is 16.5. The number of nitrogens with zero attached hydrogens (tertiary/aromatic N) is 2. The van der Waals surface area contributed by atoms with E-state index in [0.717, 1.165) is 49.7 Å². The van der Waals surface area contributed by atoms with E-state index >= 15 is 0 Å². The number of likely N-dealkylation sites (tertiary alicyclic amines) is 1. The monoisotopic (exact) mass is 408 g/mol. The molecule has 30 heavy (non-hydrogen) atoms. The lowest BCUT2D eigenvalue weighted by Gasteiger charge is -2.18. The molecule has 0 radical (unpaired) electrons. The number of ether oxygens (including phenoxy) is 1. The topological polar surface area (TPSA) is 66.0 Å². The van der Waals surface area contributed by atoms with E-state index in [1.165, 1.54) is 11.1 Å². The summed E-state index contributed by atoms with van der Waals surface area (Å²) < 4.78 is 5.21. The zero-order valence-electron chi connectivity index (χ0n) is 18.0. The average molecular weight is 409 g/mol. The van der Waals surface area contributed by atoms with Crippen molar-refractivity contribution >= 4 is 11.9 Å². The maximum Gasteiger partial charge on any atom is 0.222 e. The molecule has 0 atom stereocenters. The summed E-state index contributed by atoms with van der Waals surface area (Å²) in [5, 5.41) is 6.72. The van der Waals surface area contributed by atoms with Crippen LogP contribution in [0.2, 0.25) is 0 Å². The van der Waals surface area contributed by atoms with Crippen LogP contribution in [-0.4, -0.2) is 43.5 Å². The Morgan fingerprint density at radius 2 is 1.87 bits per heavy atom. The Labute approximate surface area is 179 Å². The first-order valence-corrected chi connectivity index (χ1v) is 10.7. The molecule has 1 saturated heterocycles. The average Bonchev–Trinajstić information content (AvgIpc) is 3.17. The first-order valence-electron chi connectivity index (χ1n) is 10.7. The second-order valence-electron chi connectivity index (χ2n) is 7.41. The molecule has 6 heteroatoms. The van der Waals surface area contributed by atoms with E-state index in [0.29, 0.717) is 19.5 Å². The van der Waals surface area contributed by atoms with Crippen LogP contribution >= 0.6 is 0 Å². The largest absolute Gasteiger partial charge is 0.497 e.